The number of aromatic amines is 1. The van der Waals surface area contributed by atoms with Crippen molar-refractivity contribution in [1.82, 2.24) is 24.5 Å². The minimum absolute atomic E-state index is 0.0497. The van der Waals surface area contributed by atoms with Gasteiger partial charge in [-0.3, -0.25) is 14.0 Å². The number of nitrogen functional groups attached to an aromatic ring is 1. The van der Waals surface area contributed by atoms with Crippen molar-refractivity contribution in [2.75, 3.05) is 12.3 Å². The molecule has 0 bridgehead atoms. The van der Waals surface area contributed by atoms with E-state index in [4.69, 9.17) is 20.7 Å². The van der Waals surface area contributed by atoms with E-state index in [2.05, 4.69) is 24.5 Å². The number of phosphoric ester groups is 1. The summed E-state index contributed by atoms with van der Waals surface area (Å²) in [6, 6.07) is 6.15. The van der Waals surface area contributed by atoms with E-state index in [1.165, 1.54) is 17.2 Å². The van der Waals surface area contributed by atoms with E-state index in [0.717, 1.165) is 16.5 Å². The maximum atomic E-state index is 12.4. The van der Waals surface area contributed by atoms with Crippen molar-refractivity contribution in [3.05, 3.63) is 48.7 Å². The third-order valence-electron chi connectivity index (χ3n) is 6.02. The summed E-state index contributed by atoms with van der Waals surface area (Å²) in [5, 5.41) is 21.7. The number of aliphatic hydroxyl groups excluding tert-OH is 2. The minimum Gasteiger partial charge on any atom is -0.387 e. The van der Waals surface area contributed by atoms with Crippen molar-refractivity contribution in [2.24, 2.45) is 5.73 Å². The number of H-pyrrole nitrogens is 1. The summed E-state index contributed by atoms with van der Waals surface area (Å²) < 4.78 is 28.9. The van der Waals surface area contributed by atoms with Gasteiger partial charge in [0.1, 0.15) is 36.2 Å². The smallest absolute Gasteiger partial charge is 0.387 e. The quantitative estimate of drug-likeness (QED) is 0.160. The molecule has 1 aliphatic heterocycles. The summed E-state index contributed by atoms with van der Waals surface area (Å²) in [5.41, 5.74) is 13.8. The number of nitrogens with two attached hydrogens (primary N) is 2. The highest BCUT2D eigenvalue weighted by atomic mass is 31.2. The molecule has 0 aliphatic carbocycles. The Balaban J connectivity index is 1.19. The lowest BCUT2D eigenvalue weighted by molar-refractivity contribution is -0.137. The first-order valence-electron chi connectivity index (χ1n) is 11.1. The summed E-state index contributed by atoms with van der Waals surface area (Å²) >= 11 is 0. The van der Waals surface area contributed by atoms with Crippen LogP contribution in [0.5, 0.6) is 0 Å². The van der Waals surface area contributed by atoms with Gasteiger partial charge in [-0.2, -0.15) is 0 Å². The number of nitrogens with zero attached hydrogens (tertiary/aromatic N) is 4. The number of para-hydroxylation sites is 1. The van der Waals surface area contributed by atoms with E-state index in [-0.39, 0.29) is 23.4 Å². The van der Waals surface area contributed by atoms with E-state index in [0.29, 0.717) is 0 Å². The monoisotopic (exact) mass is 533 g/mol. The molecule has 1 aromatic carbocycles. The molecule has 0 radical (unpaired) electrons. The molecule has 1 aliphatic rings. The Labute approximate surface area is 208 Å². The minimum atomic E-state index is -4.93. The molecular weight excluding hydrogens is 509 g/mol. The fourth-order valence-electron chi connectivity index (χ4n) is 4.15. The van der Waals surface area contributed by atoms with Crippen LogP contribution in [0.2, 0.25) is 0 Å². The first-order chi connectivity index (χ1) is 17.6. The molecular formula is C21H24N7O8P. The Morgan fingerprint density at radius 3 is 2.84 bits per heavy atom. The molecule has 37 heavy (non-hydrogen) atoms. The van der Waals surface area contributed by atoms with Gasteiger partial charge in [-0.05, 0) is 11.6 Å². The first kappa shape index (κ1) is 25.2. The van der Waals surface area contributed by atoms with Crippen molar-refractivity contribution < 1.29 is 38.3 Å². The zero-order valence-corrected chi connectivity index (χ0v) is 20.0. The van der Waals surface area contributed by atoms with E-state index >= 15 is 0 Å². The number of ether oxygens (including phenoxy) is 1. The van der Waals surface area contributed by atoms with Crippen LogP contribution in [0.15, 0.2) is 43.1 Å². The number of aliphatic hydroxyl groups is 2. The molecule has 0 amide bonds. The lowest BCUT2D eigenvalue weighted by atomic mass is 10.1. The van der Waals surface area contributed by atoms with Gasteiger partial charge in [0.15, 0.2) is 17.7 Å². The maximum absolute atomic E-state index is 12.4. The number of aromatic nitrogens is 5. The fraction of sp³-hybridized carbons (Fsp3) is 0.333. The largest absolute Gasteiger partial charge is 0.529 e. The molecule has 0 saturated carbocycles. The number of hydrogen-bond acceptors (Lipinski definition) is 12. The van der Waals surface area contributed by atoms with E-state index in [9.17, 15) is 24.5 Å². The van der Waals surface area contributed by atoms with E-state index in [1.54, 1.807) is 6.20 Å². The average Bonchev–Trinajstić information content (AvgIpc) is 3.55. The van der Waals surface area contributed by atoms with E-state index in [1.807, 2.05) is 24.3 Å². The molecule has 15 nitrogen and oxygen atoms in total. The summed E-state index contributed by atoms with van der Waals surface area (Å²) in [4.78, 5) is 37.4. The second kappa shape index (κ2) is 9.79. The topological polar surface area (TPSA) is 234 Å². The molecule has 196 valence electrons. The van der Waals surface area contributed by atoms with Crippen LogP contribution in [-0.4, -0.2) is 76.5 Å². The van der Waals surface area contributed by atoms with Crippen LogP contribution < -0.4 is 11.5 Å². The Morgan fingerprint density at radius 2 is 2.03 bits per heavy atom. The lowest BCUT2D eigenvalue weighted by Gasteiger charge is -2.18. The van der Waals surface area contributed by atoms with Crippen LogP contribution in [-0.2, 0) is 29.6 Å². The van der Waals surface area contributed by atoms with E-state index < -0.39 is 51.0 Å². The van der Waals surface area contributed by atoms with Crippen molar-refractivity contribution in [3.8, 4) is 0 Å². The van der Waals surface area contributed by atoms with Crippen molar-refractivity contribution >= 4 is 41.7 Å². The number of nitrogens with one attached hydrogen (secondary N) is 1. The number of carbonyl (C=O) groups is 1. The van der Waals surface area contributed by atoms with Crippen LogP contribution in [0, 0.1) is 0 Å². The molecule has 1 unspecified atom stereocenters. The van der Waals surface area contributed by atoms with Crippen LogP contribution in [0.4, 0.5) is 5.82 Å². The van der Waals surface area contributed by atoms with Crippen molar-refractivity contribution in [1.29, 1.82) is 0 Å². The van der Waals surface area contributed by atoms with Gasteiger partial charge >= 0.3 is 13.8 Å². The Hall–Kier alpha value is -3.43. The summed E-state index contributed by atoms with van der Waals surface area (Å²) in [5.74, 6) is -1.04. The number of imidazole rings is 1. The highest BCUT2D eigenvalue weighted by Gasteiger charge is 2.45. The molecule has 4 aromatic rings. The zero-order valence-electron chi connectivity index (χ0n) is 19.1. The summed E-state index contributed by atoms with van der Waals surface area (Å²) in [6.45, 7) is -0.683. The molecule has 1 fully saturated rings. The predicted molar refractivity (Wildman–Crippen MR) is 128 cm³/mol. The third kappa shape index (κ3) is 4.93. The number of hydrogen-bond donors (Lipinski definition) is 6. The van der Waals surface area contributed by atoms with Gasteiger partial charge < -0.3 is 35.9 Å². The van der Waals surface area contributed by atoms with Gasteiger partial charge in [0.25, 0.3) is 0 Å². The molecule has 0 spiro atoms. The number of anilines is 1. The average molecular weight is 533 g/mol. The van der Waals surface area contributed by atoms with Crippen LogP contribution >= 0.6 is 7.82 Å². The van der Waals surface area contributed by atoms with Crippen molar-refractivity contribution in [2.45, 2.75) is 37.0 Å². The van der Waals surface area contributed by atoms with Gasteiger partial charge in [0.2, 0.25) is 0 Å². The summed E-state index contributed by atoms with van der Waals surface area (Å²) in [6.07, 6.45) is -1.15. The SMILES string of the molecule is Nc1ncnc2c1ncn2[C@@H]1O[C@H](COP(=O)(O)OC(=O)[C@@H](N)Cc2c[nH]c3ccccc23)[C@@H](O)[C@H]1O. The standard InChI is InChI=1S/C21H24N7O8P/c22-12(5-10-6-24-13-4-2-1-3-11(10)13)21(31)36-37(32,33)34-7-14-16(29)17(30)20(35-14)28-9-27-15-18(23)25-8-26-19(15)28/h1-4,6,8-9,12,14,16-17,20,24,29-30H,5,7,22H2,(H,32,33)(H2,23,25,26)/t12-,14+,16+,17+,20+/m0/s1. The van der Waals surface area contributed by atoms with Gasteiger partial charge in [0.05, 0.1) is 12.9 Å². The Bertz CT molecular complexity index is 1490. The first-order valence-corrected chi connectivity index (χ1v) is 12.6. The number of phosphoric acid groups is 1. The van der Waals surface area contributed by atoms with Gasteiger partial charge in [0, 0.05) is 23.5 Å². The zero-order chi connectivity index (χ0) is 26.3. The number of benzene rings is 1. The molecule has 6 atom stereocenters. The highest BCUT2D eigenvalue weighted by molar-refractivity contribution is 7.48. The predicted octanol–water partition coefficient (Wildman–Crippen LogP) is -0.261. The fourth-order valence-corrected chi connectivity index (χ4v) is 4.90. The number of fused-ring (bicyclic) bond motifs is 2. The lowest BCUT2D eigenvalue weighted by Crippen LogP contribution is -2.35. The normalized spacial score (nSPS) is 24.3. The molecule has 16 heteroatoms. The molecule has 4 heterocycles. The Morgan fingerprint density at radius 1 is 1.24 bits per heavy atom. The highest BCUT2D eigenvalue weighted by Crippen LogP contribution is 2.45. The van der Waals surface area contributed by atoms with Gasteiger partial charge in [-0.15, -0.1) is 0 Å². The third-order valence-corrected chi connectivity index (χ3v) is 6.91. The molecule has 8 N–H and O–H groups in total. The van der Waals surface area contributed by atoms with Crippen molar-refractivity contribution in [3.63, 3.8) is 0 Å². The van der Waals surface area contributed by atoms with Gasteiger partial charge in [-0.25, -0.2) is 24.3 Å². The Kier molecular flexibility index (Phi) is 6.68. The number of rotatable bonds is 8. The second-order valence-corrected chi connectivity index (χ2v) is 9.85. The summed E-state index contributed by atoms with van der Waals surface area (Å²) in [7, 11) is -4.93. The van der Waals surface area contributed by atoms with Crippen LogP contribution in [0.1, 0.15) is 11.8 Å². The number of carbonyl (C=O) groups excluding carboxylic acids is 1. The van der Waals surface area contributed by atoms with Gasteiger partial charge in [-0.1, -0.05) is 18.2 Å². The van der Waals surface area contributed by atoms with Crippen LogP contribution in [0.3, 0.4) is 0 Å². The molecule has 3 aromatic heterocycles. The van der Waals surface area contributed by atoms with Crippen LogP contribution in [0.25, 0.3) is 22.1 Å². The maximum Gasteiger partial charge on any atom is 0.529 e. The molecule has 1 saturated heterocycles. The second-order valence-electron chi connectivity index (χ2n) is 8.47. The molecule has 5 rings (SSSR count).